The first-order chi connectivity index (χ1) is 13.2. The topological polar surface area (TPSA) is 46.9 Å². The summed E-state index contributed by atoms with van der Waals surface area (Å²) in [5, 5.41) is 5.40. The third kappa shape index (κ3) is 3.75. The van der Waals surface area contributed by atoms with Crippen LogP contribution >= 0.6 is 0 Å². The molecule has 27 heavy (non-hydrogen) atoms. The van der Waals surface area contributed by atoms with Crippen molar-refractivity contribution in [3.05, 3.63) is 96.6 Å². The van der Waals surface area contributed by atoms with Crippen LogP contribution in [0.5, 0.6) is 0 Å². The summed E-state index contributed by atoms with van der Waals surface area (Å²) in [7, 11) is 0. The molecule has 0 aliphatic rings. The number of imidazole rings is 1. The predicted octanol–water partition coefficient (Wildman–Crippen LogP) is 4.45. The molecule has 0 aliphatic heterocycles. The second-order valence-corrected chi connectivity index (χ2v) is 6.67. The van der Waals surface area contributed by atoms with Gasteiger partial charge in [-0.3, -0.25) is 4.79 Å². The highest BCUT2D eigenvalue weighted by Gasteiger charge is 2.12. The Morgan fingerprint density at radius 1 is 1.04 bits per heavy atom. The van der Waals surface area contributed by atoms with Crippen LogP contribution in [0.2, 0.25) is 0 Å². The van der Waals surface area contributed by atoms with E-state index in [0.717, 1.165) is 27.6 Å². The van der Waals surface area contributed by atoms with E-state index >= 15 is 0 Å². The molecule has 4 rings (SSSR count). The van der Waals surface area contributed by atoms with E-state index in [9.17, 15) is 4.79 Å². The van der Waals surface area contributed by atoms with Gasteiger partial charge in [-0.05, 0) is 41.0 Å². The first-order valence-corrected chi connectivity index (χ1v) is 9.05. The van der Waals surface area contributed by atoms with Gasteiger partial charge in [0.15, 0.2) is 0 Å². The van der Waals surface area contributed by atoms with Gasteiger partial charge < -0.3 is 9.88 Å². The summed E-state index contributed by atoms with van der Waals surface area (Å²) in [6.45, 7) is 2.01. The van der Waals surface area contributed by atoms with Crippen LogP contribution in [0.15, 0.2) is 85.5 Å². The molecule has 134 valence electrons. The zero-order valence-electron chi connectivity index (χ0n) is 15.2. The van der Waals surface area contributed by atoms with Gasteiger partial charge in [-0.2, -0.15) is 0 Å². The maximum absolute atomic E-state index is 12.6. The summed E-state index contributed by atoms with van der Waals surface area (Å²) >= 11 is 0. The van der Waals surface area contributed by atoms with E-state index in [2.05, 4.69) is 28.5 Å². The number of rotatable bonds is 5. The molecule has 1 aromatic heterocycles. The fraction of sp³-hybridized carbons (Fsp3) is 0.130. The Morgan fingerprint density at radius 2 is 1.81 bits per heavy atom. The zero-order valence-corrected chi connectivity index (χ0v) is 15.2. The van der Waals surface area contributed by atoms with Crippen molar-refractivity contribution in [3.8, 4) is 5.69 Å². The van der Waals surface area contributed by atoms with E-state index < -0.39 is 0 Å². The Kier molecular flexibility index (Phi) is 4.71. The molecule has 1 N–H and O–H groups in total. The molecule has 0 radical (unpaired) electrons. The third-order valence-corrected chi connectivity index (χ3v) is 4.80. The lowest BCUT2D eigenvalue weighted by Crippen LogP contribution is -2.28. The molecule has 0 bridgehead atoms. The van der Waals surface area contributed by atoms with Crippen LogP contribution in [0.3, 0.4) is 0 Å². The van der Waals surface area contributed by atoms with Crippen molar-refractivity contribution in [2.75, 3.05) is 0 Å². The molecule has 4 aromatic rings. The monoisotopic (exact) mass is 355 g/mol. The van der Waals surface area contributed by atoms with Crippen LogP contribution in [0.25, 0.3) is 16.5 Å². The lowest BCUT2D eigenvalue weighted by Gasteiger charge is -2.15. The standard InChI is InChI=1S/C23H21N3O/c1-17(18-9-11-21(12-10-18)26-14-13-24-16-26)25-23(27)15-20-7-4-6-19-5-2-3-8-22(19)20/h2-14,16-17H,15H2,1H3,(H,25,27)/t17-/m1/s1. The number of hydrogen-bond acceptors (Lipinski definition) is 2. The maximum Gasteiger partial charge on any atom is 0.224 e. The largest absolute Gasteiger partial charge is 0.349 e. The summed E-state index contributed by atoms with van der Waals surface area (Å²) < 4.78 is 1.95. The first-order valence-electron chi connectivity index (χ1n) is 9.05. The van der Waals surface area contributed by atoms with Crippen molar-refractivity contribution in [2.24, 2.45) is 0 Å². The molecule has 1 atom stereocenters. The minimum absolute atomic E-state index is 0.0255. The molecule has 1 heterocycles. The number of carbonyl (C=O) groups excluding carboxylic acids is 1. The van der Waals surface area contributed by atoms with E-state index in [4.69, 9.17) is 0 Å². The van der Waals surface area contributed by atoms with Crippen molar-refractivity contribution >= 4 is 16.7 Å². The molecular weight excluding hydrogens is 334 g/mol. The zero-order chi connectivity index (χ0) is 18.6. The lowest BCUT2D eigenvalue weighted by atomic mass is 10.0. The van der Waals surface area contributed by atoms with Crippen molar-refractivity contribution in [3.63, 3.8) is 0 Å². The number of carbonyl (C=O) groups is 1. The lowest BCUT2D eigenvalue weighted by molar-refractivity contribution is -0.121. The van der Waals surface area contributed by atoms with Gasteiger partial charge in [0.05, 0.1) is 18.8 Å². The minimum atomic E-state index is -0.0516. The van der Waals surface area contributed by atoms with Gasteiger partial charge in [-0.25, -0.2) is 4.98 Å². The van der Waals surface area contributed by atoms with Crippen LogP contribution in [-0.2, 0) is 11.2 Å². The number of hydrogen-bond donors (Lipinski definition) is 1. The molecule has 0 unspecified atom stereocenters. The molecule has 4 nitrogen and oxygen atoms in total. The summed E-state index contributed by atoms with van der Waals surface area (Å²) in [5.41, 5.74) is 3.17. The normalized spacial score (nSPS) is 12.0. The molecule has 3 aromatic carbocycles. The van der Waals surface area contributed by atoms with Gasteiger partial charge in [0.1, 0.15) is 0 Å². The Hall–Kier alpha value is -3.40. The highest BCUT2D eigenvalue weighted by Crippen LogP contribution is 2.20. The number of aromatic nitrogens is 2. The Balaban J connectivity index is 1.44. The number of benzene rings is 3. The number of nitrogens with one attached hydrogen (secondary N) is 1. The van der Waals surface area contributed by atoms with Gasteiger partial charge in [0, 0.05) is 18.1 Å². The highest BCUT2D eigenvalue weighted by molar-refractivity contribution is 5.90. The van der Waals surface area contributed by atoms with E-state index in [1.807, 2.05) is 66.2 Å². The van der Waals surface area contributed by atoms with Crippen molar-refractivity contribution in [1.29, 1.82) is 0 Å². The second kappa shape index (κ2) is 7.46. The average molecular weight is 355 g/mol. The molecular formula is C23H21N3O. The minimum Gasteiger partial charge on any atom is -0.349 e. The molecule has 0 fully saturated rings. The van der Waals surface area contributed by atoms with Crippen LogP contribution in [0, 0.1) is 0 Å². The Bertz CT molecular complexity index is 1050. The fourth-order valence-corrected chi connectivity index (χ4v) is 3.34. The van der Waals surface area contributed by atoms with Crippen molar-refractivity contribution in [1.82, 2.24) is 14.9 Å². The van der Waals surface area contributed by atoms with E-state index in [0.29, 0.717) is 6.42 Å². The quantitative estimate of drug-likeness (QED) is 0.575. The second-order valence-electron chi connectivity index (χ2n) is 6.67. The molecule has 4 heteroatoms. The average Bonchev–Trinajstić information content (AvgIpc) is 3.23. The summed E-state index contributed by atoms with van der Waals surface area (Å²) in [4.78, 5) is 16.6. The third-order valence-electron chi connectivity index (χ3n) is 4.80. The molecule has 0 saturated carbocycles. The molecule has 1 amide bonds. The van der Waals surface area contributed by atoms with Crippen LogP contribution in [0.1, 0.15) is 24.1 Å². The number of nitrogens with zero attached hydrogens (tertiary/aromatic N) is 2. The van der Waals surface area contributed by atoms with Gasteiger partial charge in [-0.1, -0.05) is 54.6 Å². The number of amides is 1. The fourth-order valence-electron chi connectivity index (χ4n) is 3.34. The van der Waals surface area contributed by atoms with Crippen LogP contribution in [0.4, 0.5) is 0 Å². The summed E-state index contributed by atoms with van der Waals surface area (Å²) in [5.74, 6) is 0.0255. The smallest absolute Gasteiger partial charge is 0.224 e. The molecule has 0 aliphatic carbocycles. The summed E-state index contributed by atoms with van der Waals surface area (Å²) in [6.07, 6.45) is 5.80. The molecule has 0 spiro atoms. The number of fused-ring (bicyclic) bond motifs is 1. The summed E-state index contributed by atoms with van der Waals surface area (Å²) in [6, 6.07) is 22.3. The van der Waals surface area contributed by atoms with Gasteiger partial charge in [0.25, 0.3) is 0 Å². The Morgan fingerprint density at radius 3 is 2.59 bits per heavy atom. The van der Waals surface area contributed by atoms with Crippen molar-refractivity contribution < 1.29 is 4.79 Å². The van der Waals surface area contributed by atoms with E-state index in [-0.39, 0.29) is 11.9 Å². The van der Waals surface area contributed by atoms with Crippen LogP contribution < -0.4 is 5.32 Å². The predicted molar refractivity (Wildman–Crippen MR) is 108 cm³/mol. The van der Waals surface area contributed by atoms with Gasteiger partial charge in [-0.15, -0.1) is 0 Å². The van der Waals surface area contributed by atoms with E-state index in [1.165, 1.54) is 0 Å². The SMILES string of the molecule is C[C@@H](NC(=O)Cc1cccc2ccccc12)c1ccc(-n2ccnc2)cc1. The van der Waals surface area contributed by atoms with E-state index in [1.54, 1.807) is 12.5 Å². The molecule has 0 saturated heterocycles. The van der Waals surface area contributed by atoms with Gasteiger partial charge >= 0.3 is 0 Å². The maximum atomic E-state index is 12.6. The Labute approximate surface area is 158 Å². The van der Waals surface area contributed by atoms with Gasteiger partial charge in [0.2, 0.25) is 5.91 Å². The first kappa shape index (κ1) is 17.0. The highest BCUT2D eigenvalue weighted by atomic mass is 16.1. The van der Waals surface area contributed by atoms with Crippen LogP contribution in [-0.4, -0.2) is 15.5 Å². The van der Waals surface area contributed by atoms with Crippen molar-refractivity contribution in [2.45, 2.75) is 19.4 Å².